The Morgan fingerprint density at radius 1 is 0.759 bits per heavy atom. The highest BCUT2D eigenvalue weighted by Gasteiger charge is 2.08. The minimum Gasteiger partial charge on any atom is -0.456 e. The first-order chi connectivity index (χ1) is 14.2. The van der Waals surface area contributed by atoms with Crippen molar-refractivity contribution in [2.75, 3.05) is 0 Å². The Morgan fingerprint density at radius 2 is 1.24 bits per heavy atom. The van der Waals surface area contributed by atoms with E-state index in [1.807, 2.05) is 12.4 Å². The van der Waals surface area contributed by atoms with Gasteiger partial charge >= 0.3 is 0 Å². The van der Waals surface area contributed by atoms with Crippen molar-refractivity contribution in [1.29, 1.82) is 0 Å². The van der Waals surface area contributed by atoms with Crippen molar-refractivity contribution in [1.82, 2.24) is 30.0 Å². The first-order valence-corrected chi connectivity index (χ1v) is 9.07. The van der Waals surface area contributed by atoms with Crippen LogP contribution < -0.4 is 0 Å². The fourth-order valence-electron chi connectivity index (χ4n) is 2.92. The van der Waals surface area contributed by atoms with E-state index in [0.29, 0.717) is 48.7 Å². The van der Waals surface area contributed by atoms with Gasteiger partial charge in [-0.3, -0.25) is 9.59 Å². The molecule has 0 radical (unpaired) electrons. The van der Waals surface area contributed by atoms with E-state index in [1.165, 1.54) is 0 Å². The number of aryl methyl sites for hydroxylation is 2. The lowest BCUT2D eigenvalue weighted by Crippen LogP contribution is -1.99. The third kappa shape index (κ3) is 4.72. The molecule has 0 N–H and O–H groups in total. The summed E-state index contributed by atoms with van der Waals surface area (Å²) in [4.78, 5) is 21.3. The van der Waals surface area contributed by atoms with E-state index in [2.05, 4.69) is 20.6 Å². The molecule has 0 atom stereocenters. The highest BCUT2D eigenvalue weighted by atomic mass is 16.4. The average Bonchev–Trinajstić information content (AvgIpc) is 3.51. The molecule has 0 aromatic carbocycles. The van der Waals surface area contributed by atoms with Crippen molar-refractivity contribution in [2.24, 2.45) is 0 Å². The Labute approximate surface area is 165 Å². The molecule has 4 aromatic heterocycles. The number of furan rings is 2. The minimum atomic E-state index is 0.296. The molecule has 0 saturated carbocycles. The second-order valence-electron chi connectivity index (χ2n) is 6.51. The molecule has 0 unspecified atom stereocenters. The lowest BCUT2D eigenvalue weighted by Gasteiger charge is -1.96. The zero-order chi connectivity index (χ0) is 20.1. The monoisotopic (exact) mass is 394 g/mol. The summed E-state index contributed by atoms with van der Waals surface area (Å²) in [6.07, 6.45) is 7.43. The third-order valence-corrected chi connectivity index (χ3v) is 4.27. The fraction of sp³-hybridized carbons (Fsp3) is 0.263. The Kier molecular flexibility index (Phi) is 5.41. The van der Waals surface area contributed by atoms with Crippen LogP contribution in [0.5, 0.6) is 0 Å². The van der Waals surface area contributed by atoms with Crippen molar-refractivity contribution < 1.29 is 18.4 Å². The second kappa shape index (κ2) is 8.46. The normalized spacial score (nSPS) is 11.0. The molecule has 29 heavy (non-hydrogen) atoms. The quantitative estimate of drug-likeness (QED) is 0.374. The lowest BCUT2D eigenvalue weighted by molar-refractivity contribution is 0.109. The zero-order valence-electron chi connectivity index (χ0n) is 15.5. The lowest BCUT2D eigenvalue weighted by atomic mass is 10.2. The van der Waals surface area contributed by atoms with Crippen molar-refractivity contribution in [3.63, 3.8) is 0 Å². The van der Waals surface area contributed by atoms with Crippen molar-refractivity contribution in [3.8, 4) is 0 Å². The number of rotatable bonds is 10. The van der Waals surface area contributed by atoms with Crippen LogP contribution in [0.25, 0.3) is 0 Å². The van der Waals surface area contributed by atoms with Gasteiger partial charge in [0.2, 0.25) is 0 Å². The summed E-state index contributed by atoms with van der Waals surface area (Å²) in [6.45, 7) is 0.849. The van der Waals surface area contributed by atoms with Gasteiger partial charge in [0.25, 0.3) is 0 Å². The van der Waals surface area contributed by atoms with Gasteiger partial charge in [-0.25, -0.2) is 9.36 Å². The Balaban J connectivity index is 1.25. The largest absolute Gasteiger partial charge is 0.456 e. The molecular weight excluding hydrogens is 376 g/mol. The summed E-state index contributed by atoms with van der Waals surface area (Å²) in [5, 5.41) is 16.5. The highest BCUT2D eigenvalue weighted by molar-refractivity contribution is 5.70. The number of hydrogen-bond acceptors (Lipinski definition) is 8. The predicted octanol–water partition coefficient (Wildman–Crippen LogP) is 1.95. The Bertz CT molecular complexity index is 1020. The molecule has 0 spiro atoms. The Morgan fingerprint density at radius 3 is 1.66 bits per heavy atom. The molecular formula is C19H18N6O4. The van der Waals surface area contributed by atoms with E-state index in [9.17, 15) is 9.59 Å². The van der Waals surface area contributed by atoms with Gasteiger partial charge in [-0.2, -0.15) is 0 Å². The number of aromatic nitrogens is 6. The number of hydrogen-bond donors (Lipinski definition) is 0. The van der Waals surface area contributed by atoms with Gasteiger partial charge in [-0.15, -0.1) is 10.2 Å². The molecule has 4 rings (SSSR count). The molecule has 4 heterocycles. The van der Waals surface area contributed by atoms with Gasteiger partial charge in [0, 0.05) is 12.4 Å². The van der Waals surface area contributed by atoms with Gasteiger partial charge in [-0.05, 0) is 43.5 Å². The van der Waals surface area contributed by atoms with E-state index < -0.39 is 0 Å². The van der Waals surface area contributed by atoms with Gasteiger partial charge in [-0.1, -0.05) is 10.4 Å². The SMILES string of the molecule is O=Cc1ccc(Cn2cc(CCCc3cn(Cc4ccc(C=O)o4)nn3)nn2)o1. The topological polar surface area (TPSA) is 122 Å². The van der Waals surface area contributed by atoms with Crippen LogP contribution in [-0.2, 0) is 25.9 Å². The van der Waals surface area contributed by atoms with Gasteiger partial charge in [0.05, 0.1) is 11.4 Å². The van der Waals surface area contributed by atoms with Crippen molar-refractivity contribution in [2.45, 2.75) is 32.4 Å². The molecule has 10 nitrogen and oxygen atoms in total. The maximum atomic E-state index is 10.7. The van der Waals surface area contributed by atoms with Crippen molar-refractivity contribution >= 4 is 12.6 Å². The first-order valence-electron chi connectivity index (χ1n) is 9.07. The molecule has 4 aromatic rings. The van der Waals surface area contributed by atoms with Gasteiger partial charge < -0.3 is 8.83 Å². The summed E-state index contributed by atoms with van der Waals surface area (Å²) < 4.78 is 14.0. The predicted molar refractivity (Wildman–Crippen MR) is 98.5 cm³/mol. The molecule has 0 saturated heterocycles. The van der Waals surface area contributed by atoms with Crippen LogP contribution in [0, 0.1) is 0 Å². The van der Waals surface area contributed by atoms with Crippen LogP contribution in [0.15, 0.2) is 45.5 Å². The summed E-state index contributed by atoms with van der Waals surface area (Å²) >= 11 is 0. The molecule has 10 heteroatoms. The molecule has 0 fully saturated rings. The molecule has 0 aliphatic carbocycles. The van der Waals surface area contributed by atoms with Crippen LogP contribution >= 0.6 is 0 Å². The smallest absolute Gasteiger partial charge is 0.185 e. The maximum absolute atomic E-state index is 10.7. The highest BCUT2D eigenvalue weighted by Crippen LogP contribution is 2.10. The second-order valence-corrected chi connectivity index (χ2v) is 6.51. The summed E-state index contributed by atoms with van der Waals surface area (Å²) in [5.74, 6) is 1.89. The van der Waals surface area contributed by atoms with E-state index in [0.717, 1.165) is 30.7 Å². The van der Waals surface area contributed by atoms with E-state index in [4.69, 9.17) is 8.83 Å². The number of carbonyl (C=O) groups excluding carboxylic acids is 2. The summed E-state index contributed by atoms with van der Waals surface area (Å²) in [6, 6.07) is 6.74. The number of carbonyl (C=O) groups is 2. The van der Waals surface area contributed by atoms with E-state index in [-0.39, 0.29) is 0 Å². The van der Waals surface area contributed by atoms with Gasteiger partial charge in [0.1, 0.15) is 24.6 Å². The molecule has 0 amide bonds. The summed E-state index contributed by atoms with van der Waals surface area (Å²) in [5.41, 5.74) is 1.74. The van der Waals surface area contributed by atoms with Gasteiger partial charge in [0.15, 0.2) is 24.1 Å². The number of aldehydes is 2. The average molecular weight is 394 g/mol. The molecule has 0 bridgehead atoms. The third-order valence-electron chi connectivity index (χ3n) is 4.27. The standard InChI is InChI=1S/C19H18N6O4/c26-12-18-6-4-16(28-18)10-24-8-14(20-22-24)2-1-3-15-9-25(23-21-15)11-17-5-7-19(13-27)29-17/h4-9,12-13H,1-3,10-11H2. The van der Waals surface area contributed by atoms with E-state index in [1.54, 1.807) is 33.6 Å². The number of nitrogens with zero attached hydrogens (tertiary/aromatic N) is 6. The van der Waals surface area contributed by atoms with Crippen LogP contribution in [0.1, 0.15) is 50.4 Å². The Hall–Kier alpha value is -3.82. The molecule has 148 valence electrons. The van der Waals surface area contributed by atoms with Crippen LogP contribution in [0.2, 0.25) is 0 Å². The maximum Gasteiger partial charge on any atom is 0.185 e. The van der Waals surface area contributed by atoms with Crippen LogP contribution in [0.3, 0.4) is 0 Å². The van der Waals surface area contributed by atoms with E-state index >= 15 is 0 Å². The van der Waals surface area contributed by atoms with Crippen LogP contribution in [-0.4, -0.2) is 42.6 Å². The minimum absolute atomic E-state index is 0.296. The van der Waals surface area contributed by atoms with Crippen molar-refractivity contribution in [3.05, 3.63) is 71.1 Å². The van der Waals surface area contributed by atoms with Crippen LogP contribution in [0.4, 0.5) is 0 Å². The first kappa shape index (κ1) is 18.5. The zero-order valence-corrected chi connectivity index (χ0v) is 15.5. The fourth-order valence-corrected chi connectivity index (χ4v) is 2.92. The summed E-state index contributed by atoms with van der Waals surface area (Å²) in [7, 11) is 0. The molecule has 0 aliphatic heterocycles. The molecule has 0 aliphatic rings.